The normalized spacial score (nSPS) is 14.6. The molecular formula is C28H34O4. The molecule has 0 bridgehead atoms. The molecule has 0 saturated heterocycles. The van der Waals surface area contributed by atoms with Gasteiger partial charge in [0, 0.05) is 6.61 Å². The summed E-state index contributed by atoms with van der Waals surface area (Å²) in [4.78, 5) is 0. The van der Waals surface area contributed by atoms with Gasteiger partial charge in [0.1, 0.15) is 0 Å². The van der Waals surface area contributed by atoms with Crippen LogP contribution in [0.5, 0.6) is 0 Å². The van der Waals surface area contributed by atoms with Crippen molar-refractivity contribution in [3.05, 3.63) is 108 Å². The molecule has 0 fully saturated rings. The zero-order valence-corrected chi connectivity index (χ0v) is 18.4. The van der Waals surface area contributed by atoms with Gasteiger partial charge in [-0.25, -0.2) is 0 Å². The third-order valence-electron chi connectivity index (χ3n) is 6.26. The fourth-order valence-electron chi connectivity index (χ4n) is 4.57. The van der Waals surface area contributed by atoms with Gasteiger partial charge in [-0.2, -0.15) is 0 Å². The van der Waals surface area contributed by atoms with E-state index in [-0.39, 0.29) is 6.61 Å². The molecule has 0 aliphatic carbocycles. The van der Waals surface area contributed by atoms with Gasteiger partial charge in [0.2, 0.25) is 0 Å². The molecule has 3 rings (SSSR count). The molecular weight excluding hydrogens is 400 g/mol. The molecule has 0 aliphatic heterocycles. The Balaban J connectivity index is 1.92. The van der Waals surface area contributed by atoms with Crippen LogP contribution in [0.25, 0.3) is 0 Å². The van der Waals surface area contributed by atoms with E-state index in [1.54, 1.807) is 0 Å². The van der Waals surface area contributed by atoms with Crippen molar-refractivity contribution in [3.63, 3.8) is 0 Å². The number of hydrogen-bond donors (Lipinski definition) is 4. The molecule has 0 saturated carbocycles. The van der Waals surface area contributed by atoms with Gasteiger partial charge in [0.15, 0.2) is 0 Å². The van der Waals surface area contributed by atoms with Crippen molar-refractivity contribution in [2.24, 2.45) is 0 Å². The zero-order valence-electron chi connectivity index (χ0n) is 18.4. The largest absolute Gasteiger partial charge is 0.396 e. The second kappa shape index (κ2) is 11.9. The Morgan fingerprint density at radius 1 is 0.500 bits per heavy atom. The van der Waals surface area contributed by atoms with Crippen LogP contribution in [0.1, 0.15) is 48.8 Å². The number of aliphatic hydroxyl groups excluding tert-OH is 4. The predicted octanol–water partition coefficient (Wildman–Crippen LogP) is 4.05. The number of benzene rings is 3. The van der Waals surface area contributed by atoms with Gasteiger partial charge >= 0.3 is 0 Å². The Kier molecular flexibility index (Phi) is 9.00. The van der Waals surface area contributed by atoms with Crippen LogP contribution in [0.15, 0.2) is 91.0 Å². The molecule has 170 valence electrons. The summed E-state index contributed by atoms with van der Waals surface area (Å²) in [6, 6.07) is 30.1. The highest BCUT2D eigenvalue weighted by Crippen LogP contribution is 2.43. The van der Waals surface area contributed by atoms with Crippen LogP contribution in [-0.4, -0.2) is 45.3 Å². The number of aliphatic hydroxyl groups is 4. The number of hydrogen-bond acceptors (Lipinski definition) is 4. The maximum Gasteiger partial charge on any atom is 0.0719 e. The molecule has 0 aliphatic rings. The van der Waals surface area contributed by atoms with Crippen LogP contribution in [-0.2, 0) is 5.41 Å². The highest BCUT2D eigenvalue weighted by Gasteiger charge is 2.42. The highest BCUT2D eigenvalue weighted by molar-refractivity contribution is 5.51. The minimum absolute atomic E-state index is 0.0658. The first kappa shape index (κ1) is 24.1. The fraction of sp³-hybridized carbons (Fsp3) is 0.357. The zero-order chi connectivity index (χ0) is 22.8. The van der Waals surface area contributed by atoms with Crippen molar-refractivity contribution < 1.29 is 20.4 Å². The van der Waals surface area contributed by atoms with E-state index in [1.165, 1.54) is 0 Å². The minimum Gasteiger partial charge on any atom is -0.396 e. The van der Waals surface area contributed by atoms with Gasteiger partial charge < -0.3 is 20.4 Å². The first-order valence-electron chi connectivity index (χ1n) is 11.4. The molecule has 0 amide bonds. The van der Waals surface area contributed by atoms with Crippen LogP contribution in [0, 0.1) is 0 Å². The summed E-state index contributed by atoms with van der Waals surface area (Å²) < 4.78 is 0. The number of rotatable bonds is 12. The lowest BCUT2D eigenvalue weighted by Gasteiger charge is -2.40. The average Bonchev–Trinajstić information content (AvgIpc) is 2.84. The van der Waals surface area contributed by atoms with Crippen molar-refractivity contribution >= 4 is 0 Å². The molecule has 0 aromatic heterocycles. The first-order chi connectivity index (χ1) is 15.6. The first-order valence-corrected chi connectivity index (χ1v) is 11.4. The van der Waals surface area contributed by atoms with E-state index >= 15 is 0 Å². The molecule has 3 aromatic carbocycles. The molecule has 32 heavy (non-hydrogen) atoms. The van der Waals surface area contributed by atoms with Crippen molar-refractivity contribution in [3.8, 4) is 0 Å². The van der Waals surface area contributed by atoms with E-state index in [0.29, 0.717) is 32.1 Å². The lowest BCUT2D eigenvalue weighted by molar-refractivity contribution is 0.0658. The van der Waals surface area contributed by atoms with Gasteiger partial charge in [-0.15, -0.1) is 0 Å². The summed E-state index contributed by atoms with van der Waals surface area (Å²) in [6.07, 6.45) is -0.0190. The SMILES string of the molecule is OCCC(O)CCC(O)CCC(O)C(c1ccccc1)(c1ccccc1)c1ccccc1. The van der Waals surface area contributed by atoms with E-state index in [9.17, 15) is 15.3 Å². The van der Waals surface area contributed by atoms with E-state index in [2.05, 4.69) is 0 Å². The topological polar surface area (TPSA) is 80.9 Å². The summed E-state index contributed by atoms with van der Waals surface area (Å²) in [6.45, 7) is -0.0658. The van der Waals surface area contributed by atoms with Crippen molar-refractivity contribution in [1.29, 1.82) is 0 Å². The van der Waals surface area contributed by atoms with Crippen LogP contribution in [0.2, 0.25) is 0 Å². The standard InChI is InChI=1S/C28H34O4/c29-21-20-26(31)17-16-25(30)18-19-27(32)28(22-10-4-1-5-11-22,23-12-6-2-7-13-23)24-14-8-3-9-15-24/h1-15,25-27,29-32H,16-21H2. The summed E-state index contributed by atoms with van der Waals surface area (Å²) in [5.41, 5.74) is 2.22. The van der Waals surface area contributed by atoms with Crippen LogP contribution in [0.3, 0.4) is 0 Å². The molecule has 3 atom stereocenters. The Labute approximate surface area is 190 Å². The molecule has 4 N–H and O–H groups in total. The Morgan fingerprint density at radius 2 is 0.844 bits per heavy atom. The van der Waals surface area contributed by atoms with Crippen LogP contribution >= 0.6 is 0 Å². The van der Waals surface area contributed by atoms with Crippen LogP contribution in [0.4, 0.5) is 0 Å². The summed E-state index contributed by atoms with van der Waals surface area (Å²) >= 11 is 0. The van der Waals surface area contributed by atoms with E-state index in [0.717, 1.165) is 16.7 Å². The van der Waals surface area contributed by atoms with Gasteiger partial charge in [-0.3, -0.25) is 0 Å². The molecule has 0 radical (unpaired) electrons. The monoisotopic (exact) mass is 434 g/mol. The molecule has 4 heteroatoms. The maximum absolute atomic E-state index is 11.7. The maximum atomic E-state index is 11.7. The predicted molar refractivity (Wildman–Crippen MR) is 127 cm³/mol. The summed E-state index contributed by atoms with van der Waals surface area (Å²) in [5.74, 6) is 0. The summed E-state index contributed by atoms with van der Waals surface area (Å²) in [5, 5.41) is 41.0. The van der Waals surface area contributed by atoms with Gasteiger partial charge in [-0.1, -0.05) is 91.0 Å². The van der Waals surface area contributed by atoms with Gasteiger partial charge in [-0.05, 0) is 48.8 Å². The molecule has 4 nitrogen and oxygen atoms in total. The van der Waals surface area contributed by atoms with Crippen molar-refractivity contribution in [2.45, 2.75) is 55.8 Å². The van der Waals surface area contributed by atoms with Gasteiger partial charge in [0.25, 0.3) is 0 Å². The molecule has 3 unspecified atom stereocenters. The van der Waals surface area contributed by atoms with Crippen molar-refractivity contribution in [2.75, 3.05) is 6.61 Å². The Hall–Kier alpha value is -2.50. The minimum atomic E-state index is -0.778. The third-order valence-corrected chi connectivity index (χ3v) is 6.26. The third kappa shape index (κ3) is 5.64. The highest BCUT2D eigenvalue weighted by atomic mass is 16.3. The second-order valence-electron chi connectivity index (χ2n) is 8.40. The fourth-order valence-corrected chi connectivity index (χ4v) is 4.57. The molecule has 3 aromatic rings. The molecule has 0 spiro atoms. The Bertz CT molecular complexity index is 802. The lowest BCUT2D eigenvalue weighted by Crippen LogP contribution is -2.42. The van der Waals surface area contributed by atoms with Crippen LogP contribution < -0.4 is 0 Å². The molecule has 0 heterocycles. The summed E-state index contributed by atoms with van der Waals surface area (Å²) in [7, 11) is 0. The Morgan fingerprint density at radius 3 is 1.22 bits per heavy atom. The van der Waals surface area contributed by atoms with E-state index in [4.69, 9.17) is 5.11 Å². The lowest BCUT2D eigenvalue weighted by atomic mass is 9.64. The second-order valence-corrected chi connectivity index (χ2v) is 8.40. The van der Waals surface area contributed by atoms with Gasteiger partial charge in [0.05, 0.1) is 23.7 Å². The van der Waals surface area contributed by atoms with E-state index in [1.807, 2.05) is 91.0 Å². The quantitative estimate of drug-likeness (QED) is 0.324. The average molecular weight is 435 g/mol. The van der Waals surface area contributed by atoms with E-state index < -0.39 is 23.7 Å². The van der Waals surface area contributed by atoms with Crippen molar-refractivity contribution in [1.82, 2.24) is 0 Å². The smallest absolute Gasteiger partial charge is 0.0719 e.